The van der Waals surface area contributed by atoms with Crippen LogP contribution in [0.4, 0.5) is 0 Å². The van der Waals surface area contributed by atoms with Gasteiger partial charge in [-0.05, 0) is 32.1 Å². The number of unbranched alkanes of at least 4 members (excludes halogenated alkanes) is 8. The predicted octanol–water partition coefficient (Wildman–Crippen LogP) is 10.2. The highest BCUT2D eigenvalue weighted by molar-refractivity contribution is 5.10. The summed E-state index contributed by atoms with van der Waals surface area (Å²) in [5.74, 6) is 1.12. The van der Waals surface area contributed by atoms with E-state index in [1.165, 1.54) is 89.9 Å². The maximum Gasteiger partial charge on any atom is -0.0282 e. The zero-order valence-electron chi connectivity index (χ0n) is 19.5. The lowest BCUT2D eigenvalue weighted by atomic mass is 9.99. The zero-order chi connectivity index (χ0) is 20.6. The summed E-state index contributed by atoms with van der Waals surface area (Å²) in [6.07, 6.45) is 28.9. The van der Waals surface area contributed by atoms with Crippen molar-refractivity contribution in [2.45, 2.75) is 130 Å². The first-order valence-electron chi connectivity index (χ1n) is 12.2. The largest absolute Gasteiger partial charge is 0.0988 e. The molecular weight excluding hydrogens is 324 g/mol. The van der Waals surface area contributed by atoms with E-state index in [2.05, 4.69) is 32.2 Å². The Morgan fingerprint density at radius 2 is 1.44 bits per heavy atom. The molecule has 0 nitrogen and oxygen atoms in total. The third-order valence-corrected chi connectivity index (χ3v) is 5.33. The van der Waals surface area contributed by atoms with Crippen LogP contribution in [0.5, 0.6) is 0 Å². The zero-order valence-corrected chi connectivity index (χ0v) is 19.5. The van der Waals surface area contributed by atoms with Crippen LogP contribution in [0.3, 0.4) is 0 Å². The first kappa shape index (κ1) is 28.4. The van der Waals surface area contributed by atoms with Gasteiger partial charge in [0.25, 0.3) is 0 Å². The summed E-state index contributed by atoms with van der Waals surface area (Å²) < 4.78 is 0. The molecule has 0 aliphatic heterocycles. The maximum absolute atomic E-state index is 3.83. The fraction of sp³-hybridized carbons (Fsp3) is 0.778. The molecule has 0 radical (unpaired) electrons. The first-order chi connectivity index (χ1) is 13.2. The standard InChI is InChI=1S/C15H30.C10H16.C2H6/c1-2-3-4-5-6-7-8-9-12-15-13-10-11-14-15;1-4-6-7-8-9-10(3)5-2;1-2/h15H,2-14H2,1H3;4-6H,2-3,7-9H2,1H3;1-2H3/b;6-4-;. The summed E-state index contributed by atoms with van der Waals surface area (Å²) in [6.45, 7) is 15.8. The number of rotatable bonds is 14. The minimum absolute atomic E-state index is 1.08. The molecule has 1 aliphatic rings. The van der Waals surface area contributed by atoms with Gasteiger partial charge in [0.2, 0.25) is 0 Å². The molecule has 1 saturated carbocycles. The molecule has 0 heteroatoms. The van der Waals surface area contributed by atoms with Gasteiger partial charge >= 0.3 is 0 Å². The van der Waals surface area contributed by atoms with E-state index >= 15 is 0 Å². The summed E-state index contributed by atoms with van der Waals surface area (Å²) in [6, 6.07) is 0. The molecule has 0 aromatic rings. The van der Waals surface area contributed by atoms with Crippen molar-refractivity contribution >= 4 is 0 Å². The Bertz CT molecular complexity index is 317. The fourth-order valence-corrected chi connectivity index (χ4v) is 3.58. The van der Waals surface area contributed by atoms with Gasteiger partial charge in [0, 0.05) is 0 Å². The highest BCUT2D eigenvalue weighted by Gasteiger charge is 2.13. The van der Waals surface area contributed by atoms with Crippen molar-refractivity contribution in [3.63, 3.8) is 0 Å². The molecule has 0 bridgehead atoms. The molecule has 0 aromatic carbocycles. The van der Waals surface area contributed by atoms with E-state index in [4.69, 9.17) is 0 Å². The predicted molar refractivity (Wildman–Crippen MR) is 129 cm³/mol. The van der Waals surface area contributed by atoms with Gasteiger partial charge in [-0.3, -0.25) is 0 Å². The second kappa shape index (κ2) is 25.2. The molecule has 160 valence electrons. The third kappa shape index (κ3) is 23.2. The van der Waals surface area contributed by atoms with Gasteiger partial charge in [-0.2, -0.15) is 0 Å². The van der Waals surface area contributed by atoms with Crippen LogP contribution in [-0.2, 0) is 0 Å². The van der Waals surface area contributed by atoms with Gasteiger partial charge in [-0.1, -0.05) is 141 Å². The Morgan fingerprint density at radius 1 is 0.889 bits per heavy atom. The van der Waals surface area contributed by atoms with Crippen LogP contribution >= 0.6 is 0 Å². The summed E-state index contributed by atoms with van der Waals surface area (Å²) in [5, 5.41) is 0. The molecule has 0 heterocycles. The molecule has 1 fully saturated rings. The monoisotopic (exact) mass is 376 g/mol. The third-order valence-electron chi connectivity index (χ3n) is 5.33. The van der Waals surface area contributed by atoms with Crippen molar-refractivity contribution in [1.29, 1.82) is 0 Å². The molecule has 0 amide bonds. The summed E-state index contributed by atoms with van der Waals surface area (Å²) >= 11 is 0. The van der Waals surface area contributed by atoms with E-state index in [-0.39, 0.29) is 0 Å². The molecule has 0 aromatic heterocycles. The van der Waals surface area contributed by atoms with E-state index in [1.54, 1.807) is 0 Å². The Labute approximate surface area is 173 Å². The summed E-state index contributed by atoms with van der Waals surface area (Å²) in [7, 11) is 0. The van der Waals surface area contributed by atoms with Crippen LogP contribution in [0.2, 0.25) is 0 Å². The molecule has 1 aliphatic carbocycles. The minimum atomic E-state index is 1.08. The lowest BCUT2D eigenvalue weighted by molar-refractivity contribution is 0.460. The van der Waals surface area contributed by atoms with Crippen molar-refractivity contribution in [2.75, 3.05) is 0 Å². The Hall–Kier alpha value is -0.780. The Kier molecular flexibility index (Phi) is 26.6. The fourth-order valence-electron chi connectivity index (χ4n) is 3.58. The Morgan fingerprint density at radius 3 is 1.96 bits per heavy atom. The second-order valence-electron chi connectivity index (χ2n) is 7.74. The summed E-state index contributed by atoms with van der Waals surface area (Å²) in [4.78, 5) is 0. The lowest BCUT2D eigenvalue weighted by Gasteiger charge is -2.07. The van der Waals surface area contributed by atoms with Crippen LogP contribution in [0, 0.1) is 5.92 Å². The van der Waals surface area contributed by atoms with Crippen molar-refractivity contribution < 1.29 is 0 Å². The molecule has 0 atom stereocenters. The molecular formula is C27H52. The van der Waals surface area contributed by atoms with Gasteiger partial charge in [0.15, 0.2) is 0 Å². The smallest absolute Gasteiger partial charge is 0.0282 e. The molecule has 27 heavy (non-hydrogen) atoms. The maximum atomic E-state index is 3.83. The second-order valence-corrected chi connectivity index (χ2v) is 7.74. The molecule has 0 N–H and O–H groups in total. The van der Waals surface area contributed by atoms with Crippen LogP contribution in [0.25, 0.3) is 0 Å². The average molecular weight is 377 g/mol. The van der Waals surface area contributed by atoms with Gasteiger partial charge in [0.1, 0.15) is 0 Å². The first-order valence-corrected chi connectivity index (χ1v) is 12.2. The van der Waals surface area contributed by atoms with Crippen molar-refractivity contribution in [1.82, 2.24) is 0 Å². The summed E-state index contributed by atoms with van der Waals surface area (Å²) in [5.41, 5.74) is 1.14. The highest BCUT2D eigenvalue weighted by atomic mass is 14.2. The van der Waals surface area contributed by atoms with Crippen LogP contribution in [-0.4, -0.2) is 0 Å². The highest BCUT2D eigenvalue weighted by Crippen LogP contribution is 2.29. The van der Waals surface area contributed by atoms with Gasteiger partial charge < -0.3 is 0 Å². The van der Waals surface area contributed by atoms with E-state index in [0.717, 1.165) is 24.3 Å². The van der Waals surface area contributed by atoms with Gasteiger partial charge in [-0.25, -0.2) is 0 Å². The van der Waals surface area contributed by atoms with Gasteiger partial charge in [0.05, 0.1) is 0 Å². The van der Waals surface area contributed by atoms with Crippen LogP contribution < -0.4 is 0 Å². The minimum Gasteiger partial charge on any atom is -0.0988 e. The van der Waals surface area contributed by atoms with Crippen LogP contribution in [0.1, 0.15) is 130 Å². The average Bonchev–Trinajstić information content (AvgIpc) is 3.23. The normalized spacial score (nSPS) is 13.6. The van der Waals surface area contributed by atoms with E-state index in [9.17, 15) is 0 Å². The van der Waals surface area contributed by atoms with Crippen molar-refractivity contribution in [3.8, 4) is 0 Å². The number of hydrogen-bond acceptors (Lipinski definition) is 0. The molecule has 0 spiro atoms. The van der Waals surface area contributed by atoms with E-state index < -0.39 is 0 Å². The van der Waals surface area contributed by atoms with E-state index in [0.29, 0.717) is 0 Å². The Balaban J connectivity index is 0. The van der Waals surface area contributed by atoms with Crippen molar-refractivity contribution in [3.05, 3.63) is 37.0 Å². The molecule has 0 unspecified atom stereocenters. The number of hydrogen-bond donors (Lipinski definition) is 0. The molecule has 1 rings (SSSR count). The lowest BCUT2D eigenvalue weighted by Crippen LogP contribution is -1.92. The molecule has 0 saturated heterocycles. The van der Waals surface area contributed by atoms with Crippen LogP contribution in [0.15, 0.2) is 37.0 Å². The van der Waals surface area contributed by atoms with Gasteiger partial charge in [-0.15, -0.1) is 0 Å². The van der Waals surface area contributed by atoms with E-state index in [1.807, 2.05) is 26.8 Å². The van der Waals surface area contributed by atoms with Crippen molar-refractivity contribution in [2.24, 2.45) is 5.92 Å². The SMILES string of the molecule is C=CC(=C)CCC/C=C\C.CC.CCCCCCCCCCC1CCCC1. The number of allylic oxidation sites excluding steroid dienone is 4. The topological polar surface area (TPSA) is 0 Å². The quantitative estimate of drug-likeness (QED) is 0.161.